The normalized spacial score (nSPS) is 13.1. The van der Waals surface area contributed by atoms with Gasteiger partial charge in [-0.2, -0.15) is 0 Å². The number of aliphatic hydroxyl groups excluding tert-OH is 1. The van der Waals surface area contributed by atoms with Crippen LogP contribution >= 0.6 is 0 Å². The van der Waals surface area contributed by atoms with Gasteiger partial charge in [0.15, 0.2) is 0 Å². The standard InChI is InChI=1S/C11H23NO2/c1-4-6-7-12(3)9-11(13)10-14-8-5-2/h5,11,13H,2,4,6-10H2,1,3H3. The molecule has 0 fully saturated rings. The molecule has 0 saturated heterocycles. The topological polar surface area (TPSA) is 32.7 Å². The Morgan fingerprint density at radius 2 is 2.29 bits per heavy atom. The van der Waals surface area contributed by atoms with E-state index >= 15 is 0 Å². The van der Waals surface area contributed by atoms with Crippen molar-refractivity contribution in [2.24, 2.45) is 0 Å². The van der Waals surface area contributed by atoms with Crippen molar-refractivity contribution >= 4 is 0 Å². The number of nitrogens with zero attached hydrogens (tertiary/aromatic N) is 1. The molecule has 0 aliphatic heterocycles. The van der Waals surface area contributed by atoms with Gasteiger partial charge < -0.3 is 14.7 Å². The van der Waals surface area contributed by atoms with E-state index in [-0.39, 0.29) is 0 Å². The van der Waals surface area contributed by atoms with Crippen molar-refractivity contribution in [1.29, 1.82) is 0 Å². The molecule has 14 heavy (non-hydrogen) atoms. The van der Waals surface area contributed by atoms with E-state index in [1.165, 1.54) is 12.8 Å². The van der Waals surface area contributed by atoms with Crippen LogP contribution in [-0.2, 0) is 4.74 Å². The highest BCUT2D eigenvalue weighted by Crippen LogP contribution is 1.95. The van der Waals surface area contributed by atoms with Crippen molar-refractivity contribution in [1.82, 2.24) is 4.90 Å². The summed E-state index contributed by atoms with van der Waals surface area (Å²) in [4.78, 5) is 2.13. The van der Waals surface area contributed by atoms with Gasteiger partial charge in [0, 0.05) is 6.54 Å². The lowest BCUT2D eigenvalue weighted by Gasteiger charge is -2.19. The van der Waals surface area contributed by atoms with Gasteiger partial charge in [-0.05, 0) is 20.0 Å². The first-order chi connectivity index (χ1) is 6.70. The van der Waals surface area contributed by atoms with E-state index in [4.69, 9.17) is 4.74 Å². The molecular formula is C11H23NO2. The van der Waals surface area contributed by atoms with Gasteiger partial charge in [-0.15, -0.1) is 6.58 Å². The van der Waals surface area contributed by atoms with Gasteiger partial charge in [0.2, 0.25) is 0 Å². The second-order valence-electron chi connectivity index (χ2n) is 3.60. The molecule has 3 nitrogen and oxygen atoms in total. The predicted molar refractivity (Wildman–Crippen MR) is 59.4 cm³/mol. The number of hydrogen-bond acceptors (Lipinski definition) is 3. The van der Waals surface area contributed by atoms with Crippen LogP contribution in [0.4, 0.5) is 0 Å². The maximum absolute atomic E-state index is 9.54. The molecule has 3 heteroatoms. The third kappa shape index (κ3) is 8.23. The molecule has 0 aromatic rings. The van der Waals surface area contributed by atoms with E-state index < -0.39 is 6.10 Å². The number of likely N-dealkylation sites (N-methyl/N-ethyl adjacent to an activating group) is 1. The number of unbranched alkanes of at least 4 members (excludes halogenated alkanes) is 1. The van der Waals surface area contributed by atoms with Crippen molar-refractivity contribution in [3.63, 3.8) is 0 Å². The van der Waals surface area contributed by atoms with Crippen LogP contribution in [0.15, 0.2) is 12.7 Å². The summed E-state index contributed by atoms with van der Waals surface area (Å²) >= 11 is 0. The molecule has 0 rings (SSSR count). The van der Waals surface area contributed by atoms with Crippen LogP contribution < -0.4 is 0 Å². The summed E-state index contributed by atoms with van der Waals surface area (Å²) in [5.41, 5.74) is 0. The second-order valence-corrected chi connectivity index (χ2v) is 3.60. The predicted octanol–water partition coefficient (Wildman–Crippen LogP) is 1.28. The molecule has 0 aliphatic rings. The quantitative estimate of drug-likeness (QED) is 0.450. The Kier molecular flexibility index (Phi) is 8.94. The Hall–Kier alpha value is -0.380. The minimum atomic E-state index is -0.392. The largest absolute Gasteiger partial charge is 0.389 e. The molecule has 0 radical (unpaired) electrons. The van der Waals surface area contributed by atoms with E-state index in [1.54, 1.807) is 6.08 Å². The summed E-state index contributed by atoms with van der Waals surface area (Å²) in [7, 11) is 2.02. The fraction of sp³-hybridized carbons (Fsp3) is 0.818. The van der Waals surface area contributed by atoms with Crippen molar-refractivity contribution in [3.05, 3.63) is 12.7 Å². The van der Waals surface area contributed by atoms with Crippen molar-refractivity contribution in [2.45, 2.75) is 25.9 Å². The minimum absolute atomic E-state index is 0.391. The summed E-state index contributed by atoms with van der Waals surface area (Å²) in [5.74, 6) is 0. The van der Waals surface area contributed by atoms with Crippen LogP contribution in [0.1, 0.15) is 19.8 Å². The highest BCUT2D eigenvalue weighted by molar-refractivity contribution is 4.66. The Balaban J connectivity index is 3.39. The minimum Gasteiger partial charge on any atom is -0.389 e. The van der Waals surface area contributed by atoms with E-state index in [0.717, 1.165) is 6.54 Å². The number of aliphatic hydroxyl groups is 1. The molecule has 0 aromatic heterocycles. The SMILES string of the molecule is C=CCOCC(O)CN(C)CCCC. The Morgan fingerprint density at radius 3 is 2.86 bits per heavy atom. The third-order valence-electron chi connectivity index (χ3n) is 1.96. The summed E-state index contributed by atoms with van der Waals surface area (Å²) in [6.07, 6.45) is 3.66. The molecule has 0 heterocycles. The highest BCUT2D eigenvalue weighted by atomic mass is 16.5. The van der Waals surface area contributed by atoms with E-state index in [1.807, 2.05) is 7.05 Å². The summed E-state index contributed by atoms with van der Waals surface area (Å²) < 4.78 is 5.16. The van der Waals surface area contributed by atoms with Crippen molar-refractivity contribution in [3.8, 4) is 0 Å². The van der Waals surface area contributed by atoms with E-state index in [9.17, 15) is 5.11 Å². The molecule has 0 spiro atoms. The fourth-order valence-electron chi connectivity index (χ4n) is 1.22. The van der Waals surface area contributed by atoms with Crippen molar-refractivity contribution < 1.29 is 9.84 Å². The van der Waals surface area contributed by atoms with Gasteiger partial charge in [-0.25, -0.2) is 0 Å². The van der Waals surface area contributed by atoms with Gasteiger partial charge in [0.1, 0.15) is 0 Å². The first kappa shape index (κ1) is 13.6. The zero-order valence-corrected chi connectivity index (χ0v) is 9.41. The average molecular weight is 201 g/mol. The number of rotatable bonds is 9. The third-order valence-corrected chi connectivity index (χ3v) is 1.96. The van der Waals surface area contributed by atoms with Gasteiger partial charge in [0.25, 0.3) is 0 Å². The average Bonchev–Trinajstić information content (AvgIpc) is 2.15. The Labute approximate surface area is 87.4 Å². The summed E-state index contributed by atoms with van der Waals surface area (Å²) in [6, 6.07) is 0. The molecule has 1 unspecified atom stereocenters. The van der Waals surface area contributed by atoms with Gasteiger partial charge in [-0.3, -0.25) is 0 Å². The van der Waals surface area contributed by atoms with Gasteiger partial charge >= 0.3 is 0 Å². The molecule has 1 atom stereocenters. The molecule has 0 aromatic carbocycles. The van der Waals surface area contributed by atoms with Crippen LogP contribution in [0.5, 0.6) is 0 Å². The number of ether oxygens (including phenoxy) is 1. The van der Waals surface area contributed by atoms with Crippen LogP contribution in [0.2, 0.25) is 0 Å². The molecule has 0 amide bonds. The molecule has 1 N–H and O–H groups in total. The van der Waals surface area contributed by atoms with Crippen LogP contribution in [0.25, 0.3) is 0 Å². The first-order valence-corrected chi connectivity index (χ1v) is 5.26. The van der Waals surface area contributed by atoms with Crippen LogP contribution in [-0.4, -0.2) is 49.5 Å². The molecular weight excluding hydrogens is 178 g/mol. The Morgan fingerprint density at radius 1 is 1.57 bits per heavy atom. The summed E-state index contributed by atoms with van der Waals surface area (Å²) in [5, 5.41) is 9.54. The molecule has 0 bridgehead atoms. The molecule has 0 saturated carbocycles. The Bertz CT molecular complexity index is 139. The molecule has 84 valence electrons. The first-order valence-electron chi connectivity index (χ1n) is 5.26. The summed E-state index contributed by atoms with van der Waals surface area (Å²) in [6.45, 7) is 8.32. The van der Waals surface area contributed by atoms with Crippen LogP contribution in [0, 0.1) is 0 Å². The van der Waals surface area contributed by atoms with Crippen molar-refractivity contribution in [2.75, 3.05) is 33.4 Å². The van der Waals surface area contributed by atoms with Gasteiger partial charge in [0.05, 0.1) is 19.3 Å². The zero-order valence-electron chi connectivity index (χ0n) is 9.41. The monoisotopic (exact) mass is 201 g/mol. The fourth-order valence-corrected chi connectivity index (χ4v) is 1.22. The lowest BCUT2D eigenvalue weighted by molar-refractivity contribution is 0.0308. The smallest absolute Gasteiger partial charge is 0.0900 e. The number of hydrogen-bond donors (Lipinski definition) is 1. The highest BCUT2D eigenvalue weighted by Gasteiger charge is 2.07. The van der Waals surface area contributed by atoms with Gasteiger partial charge in [-0.1, -0.05) is 19.4 Å². The van der Waals surface area contributed by atoms with E-state index in [2.05, 4.69) is 18.4 Å². The maximum atomic E-state index is 9.54. The van der Waals surface area contributed by atoms with E-state index in [0.29, 0.717) is 19.8 Å². The van der Waals surface area contributed by atoms with Crippen LogP contribution in [0.3, 0.4) is 0 Å². The lowest BCUT2D eigenvalue weighted by atomic mass is 10.3. The zero-order chi connectivity index (χ0) is 10.8. The molecule has 0 aliphatic carbocycles. The second kappa shape index (κ2) is 9.19. The maximum Gasteiger partial charge on any atom is 0.0900 e. The lowest BCUT2D eigenvalue weighted by Crippen LogP contribution is -2.32.